The van der Waals surface area contributed by atoms with Crippen LogP contribution in [0.15, 0.2) is 36.4 Å². The van der Waals surface area contributed by atoms with E-state index in [9.17, 15) is 13.6 Å². The minimum atomic E-state index is -2.93. The van der Waals surface area contributed by atoms with Crippen molar-refractivity contribution < 1.29 is 23.0 Å². The second-order valence-corrected chi connectivity index (χ2v) is 6.88. The Morgan fingerprint density at radius 3 is 2.43 bits per heavy atom. The Hall–Kier alpha value is -2.05. The standard InChI is InChI=1S/C20H21Cl2F2NO3/c1-27-17-8-6-14(12-18(17)28-20(23)24)9-10-25-19(26)4-2-3-13-5-7-15(21)16(22)11-13/h5-8,11-12,20H,2-4,9-10H2,1H3,(H,25,26). The quantitative estimate of drug-likeness (QED) is 0.556. The number of carbonyl (C=O) groups is 1. The van der Waals surface area contributed by atoms with Crippen LogP contribution in [0.4, 0.5) is 8.78 Å². The number of methoxy groups -OCH3 is 1. The Morgan fingerprint density at radius 1 is 1.04 bits per heavy atom. The maximum atomic E-state index is 12.5. The molecular weight excluding hydrogens is 411 g/mol. The molecule has 0 radical (unpaired) electrons. The molecule has 1 amide bonds. The highest BCUT2D eigenvalue weighted by molar-refractivity contribution is 6.42. The first-order chi connectivity index (χ1) is 13.4. The van der Waals surface area contributed by atoms with Crippen LogP contribution in [-0.4, -0.2) is 26.2 Å². The summed E-state index contributed by atoms with van der Waals surface area (Å²) in [7, 11) is 1.38. The zero-order valence-corrected chi connectivity index (χ0v) is 16.8. The van der Waals surface area contributed by atoms with Crippen LogP contribution >= 0.6 is 23.2 Å². The van der Waals surface area contributed by atoms with Gasteiger partial charge in [-0.3, -0.25) is 4.79 Å². The Kier molecular flexibility index (Phi) is 8.80. The summed E-state index contributed by atoms with van der Waals surface area (Å²) in [5.74, 6) is 0.135. The fraction of sp³-hybridized carbons (Fsp3) is 0.350. The number of ether oxygens (including phenoxy) is 2. The van der Waals surface area contributed by atoms with Gasteiger partial charge in [0.1, 0.15) is 0 Å². The van der Waals surface area contributed by atoms with Gasteiger partial charge in [0, 0.05) is 13.0 Å². The molecule has 0 spiro atoms. The lowest BCUT2D eigenvalue weighted by Crippen LogP contribution is -2.25. The fourth-order valence-electron chi connectivity index (χ4n) is 2.65. The number of hydrogen-bond acceptors (Lipinski definition) is 3. The molecule has 0 aromatic heterocycles. The average Bonchev–Trinajstić information content (AvgIpc) is 2.64. The molecule has 4 nitrogen and oxygen atoms in total. The molecule has 0 heterocycles. The van der Waals surface area contributed by atoms with Gasteiger partial charge in [-0.1, -0.05) is 35.3 Å². The van der Waals surface area contributed by atoms with Gasteiger partial charge < -0.3 is 14.8 Å². The predicted molar refractivity (Wildman–Crippen MR) is 106 cm³/mol. The molecule has 0 aliphatic rings. The Morgan fingerprint density at radius 2 is 1.75 bits per heavy atom. The molecule has 28 heavy (non-hydrogen) atoms. The topological polar surface area (TPSA) is 47.6 Å². The molecule has 2 rings (SSSR count). The van der Waals surface area contributed by atoms with Crippen molar-refractivity contribution in [3.8, 4) is 11.5 Å². The van der Waals surface area contributed by atoms with Crippen LogP contribution < -0.4 is 14.8 Å². The summed E-state index contributed by atoms with van der Waals surface area (Å²) >= 11 is 11.8. The van der Waals surface area contributed by atoms with Gasteiger partial charge in [0.2, 0.25) is 5.91 Å². The maximum Gasteiger partial charge on any atom is 0.387 e. The maximum absolute atomic E-state index is 12.5. The first-order valence-electron chi connectivity index (χ1n) is 8.71. The van der Waals surface area contributed by atoms with Crippen molar-refractivity contribution in [1.82, 2.24) is 5.32 Å². The minimum absolute atomic E-state index is 0.0250. The van der Waals surface area contributed by atoms with E-state index in [2.05, 4.69) is 10.1 Å². The van der Waals surface area contributed by atoms with Crippen LogP contribution in [-0.2, 0) is 17.6 Å². The molecule has 0 fully saturated rings. The summed E-state index contributed by atoms with van der Waals surface area (Å²) in [5.41, 5.74) is 1.78. The van der Waals surface area contributed by atoms with Crippen molar-refractivity contribution in [1.29, 1.82) is 0 Å². The summed E-state index contributed by atoms with van der Waals surface area (Å²) in [5, 5.41) is 3.82. The molecule has 2 aromatic carbocycles. The molecule has 152 valence electrons. The van der Waals surface area contributed by atoms with E-state index < -0.39 is 6.61 Å². The Labute approximate surface area is 172 Å². The van der Waals surface area contributed by atoms with Gasteiger partial charge in [0.15, 0.2) is 11.5 Å². The van der Waals surface area contributed by atoms with Crippen LogP contribution in [0.25, 0.3) is 0 Å². The summed E-state index contributed by atoms with van der Waals surface area (Å²) < 4.78 is 34.4. The third-order valence-corrected chi connectivity index (χ3v) is 4.77. The third-order valence-electron chi connectivity index (χ3n) is 4.03. The van der Waals surface area contributed by atoms with Crippen LogP contribution in [0.2, 0.25) is 10.0 Å². The van der Waals surface area contributed by atoms with E-state index >= 15 is 0 Å². The summed E-state index contributed by atoms with van der Waals surface area (Å²) in [6.45, 7) is -2.54. The van der Waals surface area contributed by atoms with E-state index in [4.69, 9.17) is 27.9 Å². The Balaban J connectivity index is 1.75. The van der Waals surface area contributed by atoms with Gasteiger partial charge in [-0.2, -0.15) is 8.78 Å². The van der Waals surface area contributed by atoms with Crippen LogP contribution in [0, 0.1) is 0 Å². The largest absolute Gasteiger partial charge is 0.493 e. The molecule has 0 aliphatic heterocycles. The van der Waals surface area contributed by atoms with Crippen molar-refractivity contribution in [3.63, 3.8) is 0 Å². The molecule has 0 bridgehead atoms. The van der Waals surface area contributed by atoms with Gasteiger partial charge in [-0.15, -0.1) is 0 Å². The number of rotatable bonds is 10. The minimum Gasteiger partial charge on any atom is -0.493 e. The molecule has 2 aromatic rings. The van der Waals surface area contributed by atoms with Crippen molar-refractivity contribution in [2.24, 2.45) is 0 Å². The van der Waals surface area contributed by atoms with Crippen LogP contribution in [0.5, 0.6) is 11.5 Å². The molecule has 0 aliphatic carbocycles. The van der Waals surface area contributed by atoms with Crippen LogP contribution in [0.3, 0.4) is 0 Å². The van der Waals surface area contributed by atoms with Gasteiger partial charge in [-0.05, 0) is 54.7 Å². The Bertz CT molecular complexity index is 803. The van der Waals surface area contributed by atoms with Crippen molar-refractivity contribution >= 4 is 29.1 Å². The van der Waals surface area contributed by atoms with E-state index in [0.29, 0.717) is 35.9 Å². The van der Waals surface area contributed by atoms with E-state index in [1.807, 2.05) is 6.07 Å². The van der Waals surface area contributed by atoms with Gasteiger partial charge >= 0.3 is 6.61 Å². The highest BCUT2D eigenvalue weighted by Crippen LogP contribution is 2.29. The zero-order valence-electron chi connectivity index (χ0n) is 15.3. The zero-order chi connectivity index (χ0) is 20.5. The third kappa shape index (κ3) is 7.17. The number of hydrogen-bond donors (Lipinski definition) is 1. The number of halogens is 4. The fourth-order valence-corrected chi connectivity index (χ4v) is 2.97. The number of nitrogens with one attached hydrogen (secondary N) is 1. The first kappa shape index (κ1) is 22.2. The molecular formula is C20H21Cl2F2NO3. The second kappa shape index (κ2) is 11.1. The smallest absolute Gasteiger partial charge is 0.387 e. The van der Waals surface area contributed by atoms with E-state index in [1.165, 1.54) is 13.2 Å². The van der Waals surface area contributed by atoms with Crippen molar-refractivity contribution in [2.45, 2.75) is 32.3 Å². The summed E-state index contributed by atoms with van der Waals surface area (Å²) in [4.78, 5) is 12.0. The average molecular weight is 432 g/mol. The molecule has 8 heteroatoms. The SMILES string of the molecule is COc1ccc(CCNC(=O)CCCc2ccc(Cl)c(Cl)c2)cc1OC(F)F. The normalized spacial score (nSPS) is 10.8. The van der Waals surface area contributed by atoms with Crippen molar-refractivity contribution in [2.75, 3.05) is 13.7 Å². The molecule has 0 saturated carbocycles. The monoisotopic (exact) mass is 431 g/mol. The van der Waals surface area contributed by atoms with Crippen molar-refractivity contribution in [3.05, 3.63) is 57.6 Å². The number of aryl methyl sites for hydroxylation is 1. The van der Waals surface area contributed by atoms with Crippen LogP contribution in [0.1, 0.15) is 24.0 Å². The highest BCUT2D eigenvalue weighted by atomic mass is 35.5. The number of benzene rings is 2. The van der Waals surface area contributed by atoms with Gasteiger partial charge in [-0.25, -0.2) is 0 Å². The lowest BCUT2D eigenvalue weighted by Gasteiger charge is -2.12. The number of alkyl halides is 2. The molecule has 0 unspecified atom stereocenters. The lowest BCUT2D eigenvalue weighted by molar-refractivity contribution is -0.121. The van der Waals surface area contributed by atoms with E-state index in [1.54, 1.807) is 24.3 Å². The summed E-state index contributed by atoms with van der Waals surface area (Å²) in [6.07, 6.45) is 2.26. The highest BCUT2D eigenvalue weighted by Gasteiger charge is 2.11. The second-order valence-electron chi connectivity index (χ2n) is 6.07. The van der Waals surface area contributed by atoms with E-state index in [0.717, 1.165) is 17.5 Å². The first-order valence-corrected chi connectivity index (χ1v) is 9.47. The predicted octanol–water partition coefficient (Wildman–Crippen LogP) is 5.29. The molecule has 0 saturated heterocycles. The van der Waals surface area contributed by atoms with Gasteiger partial charge in [0.25, 0.3) is 0 Å². The number of amides is 1. The van der Waals surface area contributed by atoms with E-state index in [-0.39, 0.29) is 17.4 Å². The van der Waals surface area contributed by atoms with Gasteiger partial charge in [0.05, 0.1) is 17.2 Å². The molecule has 0 atom stereocenters. The summed E-state index contributed by atoms with van der Waals surface area (Å²) in [6, 6.07) is 10.2. The number of carbonyl (C=O) groups excluding carboxylic acids is 1. The molecule has 1 N–H and O–H groups in total. The lowest BCUT2D eigenvalue weighted by atomic mass is 10.1.